The molecule has 1 aliphatic heterocycles. The fourth-order valence-electron chi connectivity index (χ4n) is 2.37. The molecule has 1 aromatic heterocycles. The highest BCUT2D eigenvalue weighted by Crippen LogP contribution is 2.29. The first-order valence-corrected chi connectivity index (χ1v) is 8.37. The first-order valence-electron chi connectivity index (χ1n) is 8.37. The molecule has 0 unspecified atom stereocenters. The number of nitrogens with zero attached hydrogens (tertiary/aromatic N) is 3. The maximum Gasteiger partial charge on any atom is 0.277 e. The number of hydrogen-bond donors (Lipinski definition) is 0. The lowest BCUT2D eigenvalue weighted by Gasteiger charge is -2.07. The first kappa shape index (κ1) is 19.1. The Kier molecular flexibility index (Phi) is 6.80. The van der Waals surface area contributed by atoms with Crippen LogP contribution in [0.15, 0.2) is 84.5 Å². The van der Waals surface area contributed by atoms with Crippen molar-refractivity contribution < 1.29 is 4.79 Å². The summed E-state index contributed by atoms with van der Waals surface area (Å²) in [6.07, 6.45) is 11.2. The van der Waals surface area contributed by atoms with E-state index in [-0.39, 0.29) is 5.91 Å². The van der Waals surface area contributed by atoms with E-state index < -0.39 is 0 Å². The van der Waals surface area contributed by atoms with E-state index in [4.69, 9.17) is 0 Å². The number of fused-ring (bicyclic) bond motifs is 1. The van der Waals surface area contributed by atoms with Gasteiger partial charge in [0.05, 0.1) is 17.6 Å². The summed E-state index contributed by atoms with van der Waals surface area (Å²) < 4.78 is 0. The molecule has 0 bridgehead atoms. The largest absolute Gasteiger partial charge is 0.309 e. The van der Waals surface area contributed by atoms with Gasteiger partial charge in [0.15, 0.2) is 0 Å². The molecule has 2 aromatic rings. The molecule has 3 rings (SSSR count). The van der Waals surface area contributed by atoms with Gasteiger partial charge in [-0.15, -0.1) is 0 Å². The number of allylic oxidation sites excluding steroid dienone is 5. The van der Waals surface area contributed by atoms with Crippen LogP contribution >= 0.6 is 0 Å². The quantitative estimate of drug-likeness (QED) is 0.751. The summed E-state index contributed by atoms with van der Waals surface area (Å²) in [5.41, 5.74) is 3.86. The van der Waals surface area contributed by atoms with Gasteiger partial charge in [-0.25, -0.2) is 4.99 Å². The number of aromatic nitrogens is 1. The summed E-state index contributed by atoms with van der Waals surface area (Å²) in [5, 5.41) is 0. The average Bonchev–Trinajstić information content (AvgIpc) is 2.90. The van der Waals surface area contributed by atoms with E-state index in [0.29, 0.717) is 11.4 Å². The highest BCUT2D eigenvalue weighted by Gasteiger charge is 2.30. The van der Waals surface area contributed by atoms with Gasteiger partial charge in [-0.1, -0.05) is 55.2 Å². The molecule has 26 heavy (non-hydrogen) atoms. The lowest BCUT2D eigenvalue weighted by atomic mass is 10.1. The predicted octanol–water partition coefficient (Wildman–Crippen LogP) is 4.79. The summed E-state index contributed by atoms with van der Waals surface area (Å²) >= 11 is 0. The molecule has 2 heterocycles. The minimum atomic E-state index is -0.0817. The molecule has 0 saturated heterocycles. The Morgan fingerprint density at radius 2 is 1.88 bits per heavy atom. The maximum atomic E-state index is 12.2. The highest BCUT2D eigenvalue weighted by molar-refractivity contribution is 6.54. The maximum absolute atomic E-state index is 12.2. The van der Waals surface area contributed by atoms with Crippen LogP contribution in [0.2, 0.25) is 0 Å². The van der Waals surface area contributed by atoms with Crippen molar-refractivity contribution in [2.45, 2.75) is 13.8 Å². The third-order valence-corrected chi connectivity index (χ3v) is 3.72. The molecule has 0 aliphatic carbocycles. The third-order valence-electron chi connectivity index (χ3n) is 3.72. The van der Waals surface area contributed by atoms with E-state index in [9.17, 15) is 4.79 Å². The lowest BCUT2D eigenvalue weighted by molar-refractivity contribution is -0.111. The molecule has 1 aromatic carbocycles. The standard InChI is InChI=1S/C15H13N3O.C7H10/c1-10-7-8-11(9-16-10)17-14-12-5-3-4-6-13(12)18(2)15(14)19;1-3-5-7-6-4-2/h3-9H,1-2H3;3-7H,1H2,2H3/b;6-4-,7-5-. The van der Waals surface area contributed by atoms with Crippen molar-refractivity contribution in [2.75, 3.05) is 11.9 Å². The molecular formula is C22H23N3O. The van der Waals surface area contributed by atoms with Crippen LogP contribution in [0.25, 0.3) is 0 Å². The fourth-order valence-corrected chi connectivity index (χ4v) is 2.37. The van der Waals surface area contributed by atoms with Crippen molar-refractivity contribution in [3.63, 3.8) is 0 Å². The number of carbonyl (C=O) groups excluding carboxylic acids is 1. The molecule has 4 nitrogen and oxygen atoms in total. The summed E-state index contributed by atoms with van der Waals surface area (Å²) in [6, 6.07) is 11.4. The number of carbonyl (C=O) groups is 1. The number of aryl methyl sites for hydroxylation is 1. The highest BCUT2D eigenvalue weighted by atomic mass is 16.2. The number of anilines is 1. The van der Waals surface area contributed by atoms with Crippen LogP contribution in [0.5, 0.6) is 0 Å². The molecule has 1 amide bonds. The second-order valence-corrected chi connectivity index (χ2v) is 5.65. The van der Waals surface area contributed by atoms with Gasteiger partial charge in [-0.2, -0.15) is 0 Å². The van der Waals surface area contributed by atoms with Gasteiger partial charge in [-0.05, 0) is 32.0 Å². The van der Waals surface area contributed by atoms with Crippen molar-refractivity contribution in [1.29, 1.82) is 0 Å². The Hall–Kier alpha value is -3.27. The third kappa shape index (κ3) is 4.63. The molecule has 0 saturated carbocycles. The van der Waals surface area contributed by atoms with Crippen molar-refractivity contribution in [3.05, 3.63) is 90.8 Å². The van der Waals surface area contributed by atoms with Crippen molar-refractivity contribution in [3.8, 4) is 0 Å². The van der Waals surface area contributed by atoms with E-state index in [1.54, 1.807) is 24.2 Å². The molecule has 0 atom stereocenters. The Bertz CT molecular complexity index is 861. The van der Waals surface area contributed by atoms with Gasteiger partial charge in [0.25, 0.3) is 5.91 Å². The Morgan fingerprint density at radius 1 is 1.12 bits per heavy atom. The topological polar surface area (TPSA) is 45.6 Å². The van der Waals surface area contributed by atoms with Crippen molar-refractivity contribution in [1.82, 2.24) is 4.98 Å². The van der Waals surface area contributed by atoms with E-state index in [1.165, 1.54) is 0 Å². The Labute approximate surface area is 154 Å². The first-order chi connectivity index (χ1) is 12.6. The SMILES string of the molecule is C=C/C=C\C=C/C.Cc1ccc(N=C2C(=O)N(C)c3ccccc32)cn1. The van der Waals surface area contributed by atoms with Crippen LogP contribution in [0.4, 0.5) is 11.4 Å². The Balaban J connectivity index is 0.000000298. The van der Waals surface area contributed by atoms with Crippen LogP contribution in [0, 0.1) is 6.92 Å². The minimum Gasteiger partial charge on any atom is -0.309 e. The van der Waals surface area contributed by atoms with E-state index >= 15 is 0 Å². The molecule has 0 radical (unpaired) electrons. The predicted molar refractivity (Wildman–Crippen MR) is 109 cm³/mol. The lowest BCUT2D eigenvalue weighted by Crippen LogP contribution is -2.25. The summed E-state index contributed by atoms with van der Waals surface area (Å²) in [6.45, 7) is 7.41. The van der Waals surface area contributed by atoms with Gasteiger partial charge in [0, 0.05) is 18.3 Å². The van der Waals surface area contributed by atoms with Crippen LogP contribution in [-0.4, -0.2) is 23.7 Å². The zero-order valence-electron chi connectivity index (χ0n) is 15.4. The van der Waals surface area contributed by atoms with Gasteiger partial charge < -0.3 is 4.90 Å². The van der Waals surface area contributed by atoms with Crippen molar-refractivity contribution in [2.24, 2.45) is 4.99 Å². The molecule has 4 heteroatoms. The second-order valence-electron chi connectivity index (χ2n) is 5.65. The van der Waals surface area contributed by atoms with Crippen LogP contribution in [0.1, 0.15) is 18.2 Å². The number of benzene rings is 1. The number of para-hydroxylation sites is 1. The number of amides is 1. The molecule has 0 spiro atoms. The minimum absolute atomic E-state index is 0.0817. The molecule has 0 fully saturated rings. The van der Waals surface area contributed by atoms with E-state index in [0.717, 1.165) is 16.9 Å². The summed E-state index contributed by atoms with van der Waals surface area (Å²) in [5.74, 6) is -0.0817. The smallest absolute Gasteiger partial charge is 0.277 e. The van der Waals surface area contributed by atoms with E-state index in [2.05, 4.69) is 16.6 Å². The molecule has 132 valence electrons. The van der Waals surface area contributed by atoms with E-state index in [1.807, 2.05) is 74.5 Å². The van der Waals surface area contributed by atoms with Crippen LogP contribution in [-0.2, 0) is 4.79 Å². The fraction of sp³-hybridized carbons (Fsp3) is 0.136. The number of aliphatic imine (C=N–C) groups is 1. The van der Waals surface area contributed by atoms with Gasteiger partial charge in [0.2, 0.25) is 0 Å². The zero-order valence-corrected chi connectivity index (χ0v) is 15.4. The summed E-state index contributed by atoms with van der Waals surface area (Å²) in [7, 11) is 1.76. The average molecular weight is 345 g/mol. The molecular weight excluding hydrogens is 322 g/mol. The number of likely N-dealkylation sites (N-methyl/N-ethyl adjacent to an activating group) is 1. The van der Waals surface area contributed by atoms with Crippen LogP contribution < -0.4 is 4.90 Å². The van der Waals surface area contributed by atoms with Gasteiger partial charge >= 0.3 is 0 Å². The van der Waals surface area contributed by atoms with Crippen molar-refractivity contribution >= 4 is 23.0 Å². The zero-order chi connectivity index (χ0) is 18.9. The summed E-state index contributed by atoms with van der Waals surface area (Å²) in [4.78, 5) is 22.5. The molecule has 0 N–H and O–H groups in total. The van der Waals surface area contributed by atoms with Crippen LogP contribution in [0.3, 0.4) is 0 Å². The molecule has 1 aliphatic rings. The number of hydrogen-bond acceptors (Lipinski definition) is 3. The normalized spacial score (nSPS) is 14.7. The second kappa shape index (κ2) is 9.28. The van der Waals surface area contributed by atoms with Gasteiger partial charge in [-0.3, -0.25) is 9.78 Å². The van der Waals surface area contributed by atoms with Gasteiger partial charge in [0.1, 0.15) is 5.71 Å². The monoisotopic (exact) mass is 345 g/mol. The Morgan fingerprint density at radius 3 is 2.54 bits per heavy atom. The number of pyridine rings is 1. The number of rotatable bonds is 3.